The van der Waals surface area contributed by atoms with Crippen LogP contribution in [0.4, 0.5) is 4.79 Å². The Morgan fingerprint density at radius 3 is 2.58 bits per heavy atom. The highest BCUT2D eigenvalue weighted by Crippen LogP contribution is 2.19. The first-order chi connectivity index (χ1) is 11.5. The molecule has 1 aromatic rings. The fraction of sp³-hybridized carbons (Fsp3) is 0.647. The smallest absolute Gasteiger partial charge is 0.317 e. The van der Waals surface area contributed by atoms with Gasteiger partial charge in [0.25, 0.3) is 0 Å². The molecule has 2 N–H and O–H groups in total. The Labute approximate surface area is 143 Å². The van der Waals surface area contributed by atoms with Gasteiger partial charge in [-0.15, -0.1) is 0 Å². The van der Waals surface area contributed by atoms with E-state index in [9.17, 15) is 9.59 Å². The summed E-state index contributed by atoms with van der Waals surface area (Å²) in [4.78, 5) is 27.2. The predicted molar refractivity (Wildman–Crippen MR) is 91.5 cm³/mol. The molecule has 1 aliphatic heterocycles. The van der Waals surface area contributed by atoms with Crippen LogP contribution in [0, 0.1) is 5.92 Å². The minimum atomic E-state index is -0.0358. The molecular weight excluding hydrogens is 308 g/mol. The van der Waals surface area contributed by atoms with Gasteiger partial charge in [0.05, 0.1) is 12.3 Å². The average Bonchev–Trinajstić information content (AvgIpc) is 3.07. The predicted octanol–water partition coefficient (Wildman–Crippen LogP) is 1.44. The molecule has 1 saturated heterocycles. The first-order valence-electron chi connectivity index (χ1n) is 8.44. The van der Waals surface area contributed by atoms with Crippen LogP contribution in [0.1, 0.15) is 31.6 Å². The number of amides is 3. The van der Waals surface area contributed by atoms with Crippen LogP contribution in [-0.4, -0.2) is 62.0 Å². The summed E-state index contributed by atoms with van der Waals surface area (Å²) >= 11 is 0. The Bertz CT molecular complexity index is 522. The van der Waals surface area contributed by atoms with Crippen LogP contribution < -0.4 is 10.6 Å². The number of nitrogens with one attached hydrogen (secondary N) is 2. The summed E-state index contributed by atoms with van der Waals surface area (Å²) in [5, 5.41) is 5.86. The minimum absolute atomic E-state index is 0.00262. The van der Waals surface area contributed by atoms with Crippen LogP contribution in [0.25, 0.3) is 0 Å². The normalized spacial score (nSPS) is 16.9. The second-order valence-electron chi connectivity index (χ2n) is 6.55. The second kappa shape index (κ2) is 8.73. The first kappa shape index (κ1) is 18.3. The Morgan fingerprint density at radius 2 is 2.04 bits per heavy atom. The van der Waals surface area contributed by atoms with Gasteiger partial charge in [-0.05, 0) is 45.0 Å². The molecule has 134 valence electrons. The van der Waals surface area contributed by atoms with Crippen molar-refractivity contribution in [2.45, 2.75) is 25.8 Å². The molecule has 1 atom stereocenters. The van der Waals surface area contributed by atoms with Gasteiger partial charge < -0.3 is 20.0 Å². The van der Waals surface area contributed by atoms with Gasteiger partial charge in [0.1, 0.15) is 5.76 Å². The molecule has 0 saturated carbocycles. The summed E-state index contributed by atoms with van der Waals surface area (Å²) in [5.41, 5.74) is 0. The molecule has 3 amide bonds. The zero-order valence-electron chi connectivity index (χ0n) is 14.7. The zero-order chi connectivity index (χ0) is 17.5. The Hall–Kier alpha value is -2.02. The monoisotopic (exact) mass is 336 g/mol. The zero-order valence-corrected chi connectivity index (χ0v) is 14.7. The number of hydrogen-bond acceptors (Lipinski definition) is 4. The Kier molecular flexibility index (Phi) is 6.66. The van der Waals surface area contributed by atoms with Gasteiger partial charge in [-0.25, -0.2) is 4.79 Å². The standard InChI is InChI=1S/C17H28N4O3/c1-13(22)18-11-14-6-8-21(9-7-14)17(23)19-12-15(20(2)3)16-5-4-10-24-16/h4-5,10,14-15H,6-9,11-12H2,1-3H3,(H,18,22)(H,19,23)/t15-/m0/s1. The van der Waals surface area contributed by atoms with Crippen LogP contribution in [0.15, 0.2) is 22.8 Å². The highest BCUT2D eigenvalue weighted by molar-refractivity contribution is 5.74. The second-order valence-corrected chi connectivity index (χ2v) is 6.55. The van der Waals surface area contributed by atoms with Crippen molar-refractivity contribution in [2.24, 2.45) is 5.92 Å². The van der Waals surface area contributed by atoms with Crippen molar-refractivity contribution in [3.63, 3.8) is 0 Å². The Morgan fingerprint density at radius 1 is 1.33 bits per heavy atom. The maximum absolute atomic E-state index is 12.4. The number of carbonyl (C=O) groups excluding carboxylic acids is 2. The van der Waals surface area contributed by atoms with Crippen molar-refractivity contribution in [3.8, 4) is 0 Å². The van der Waals surface area contributed by atoms with Crippen LogP contribution in [0.3, 0.4) is 0 Å². The topological polar surface area (TPSA) is 77.8 Å². The molecule has 0 spiro atoms. The largest absolute Gasteiger partial charge is 0.468 e. The maximum Gasteiger partial charge on any atom is 0.317 e. The summed E-state index contributed by atoms with van der Waals surface area (Å²) in [7, 11) is 3.93. The average molecular weight is 336 g/mol. The number of nitrogens with zero attached hydrogens (tertiary/aromatic N) is 2. The quantitative estimate of drug-likeness (QED) is 0.824. The van der Waals surface area contributed by atoms with Crippen molar-refractivity contribution >= 4 is 11.9 Å². The van der Waals surface area contributed by atoms with Gasteiger partial charge >= 0.3 is 6.03 Å². The lowest BCUT2D eigenvalue weighted by Gasteiger charge is -2.32. The molecule has 1 fully saturated rings. The van der Waals surface area contributed by atoms with Crippen LogP contribution in [0.5, 0.6) is 0 Å². The summed E-state index contributed by atoms with van der Waals surface area (Å²) in [5.74, 6) is 1.30. The number of carbonyl (C=O) groups is 2. The molecule has 0 aliphatic carbocycles. The summed E-state index contributed by atoms with van der Waals surface area (Å²) in [6, 6.07) is 3.75. The summed E-state index contributed by atoms with van der Waals surface area (Å²) < 4.78 is 5.45. The third kappa shape index (κ3) is 5.26. The molecule has 0 unspecified atom stereocenters. The first-order valence-corrected chi connectivity index (χ1v) is 8.44. The van der Waals surface area contributed by atoms with Gasteiger partial charge in [0, 0.05) is 33.1 Å². The Balaban J connectivity index is 1.76. The van der Waals surface area contributed by atoms with Crippen LogP contribution in [-0.2, 0) is 4.79 Å². The molecule has 1 aromatic heterocycles. The van der Waals surface area contributed by atoms with E-state index in [0.29, 0.717) is 19.0 Å². The number of likely N-dealkylation sites (tertiary alicyclic amines) is 1. The molecule has 7 heteroatoms. The van der Waals surface area contributed by atoms with E-state index in [2.05, 4.69) is 10.6 Å². The van der Waals surface area contributed by atoms with Crippen molar-refractivity contribution in [1.29, 1.82) is 0 Å². The fourth-order valence-corrected chi connectivity index (χ4v) is 2.94. The summed E-state index contributed by atoms with van der Waals surface area (Å²) in [6.45, 7) is 4.19. The number of furan rings is 1. The molecule has 0 bridgehead atoms. The molecule has 0 radical (unpaired) electrons. The number of piperidine rings is 1. The van der Waals surface area contributed by atoms with E-state index in [4.69, 9.17) is 4.42 Å². The van der Waals surface area contributed by atoms with E-state index >= 15 is 0 Å². The minimum Gasteiger partial charge on any atom is -0.468 e. The molecular formula is C17H28N4O3. The molecule has 1 aliphatic rings. The number of likely N-dealkylation sites (N-methyl/N-ethyl adjacent to an activating group) is 1. The third-order valence-electron chi connectivity index (χ3n) is 4.48. The molecule has 2 heterocycles. The van der Waals surface area contributed by atoms with Crippen molar-refractivity contribution in [1.82, 2.24) is 20.4 Å². The van der Waals surface area contributed by atoms with E-state index in [1.807, 2.05) is 36.0 Å². The van der Waals surface area contributed by atoms with Gasteiger partial charge in [-0.1, -0.05) is 0 Å². The van der Waals surface area contributed by atoms with E-state index < -0.39 is 0 Å². The SMILES string of the molecule is CC(=O)NCC1CCN(C(=O)NC[C@@H](c2ccco2)N(C)C)CC1. The lowest BCUT2D eigenvalue weighted by Crippen LogP contribution is -2.47. The lowest BCUT2D eigenvalue weighted by atomic mass is 9.97. The molecule has 24 heavy (non-hydrogen) atoms. The number of urea groups is 1. The van der Waals surface area contributed by atoms with E-state index in [1.165, 1.54) is 6.92 Å². The molecule has 0 aromatic carbocycles. The highest BCUT2D eigenvalue weighted by Gasteiger charge is 2.24. The fourth-order valence-electron chi connectivity index (χ4n) is 2.94. The van der Waals surface area contributed by atoms with E-state index in [-0.39, 0.29) is 18.0 Å². The highest BCUT2D eigenvalue weighted by atomic mass is 16.3. The van der Waals surface area contributed by atoms with Gasteiger partial charge in [-0.2, -0.15) is 0 Å². The molecule has 7 nitrogen and oxygen atoms in total. The number of rotatable bonds is 6. The van der Waals surface area contributed by atoms with Crippen molar-refractivity contribution < 1.29 is 14.0 Å². The van der Waals surface area contributed by atoms with Gasteiger partial charge in [0.2, 0.25) is 5.91 Å². The van der Waals surface area contributed by atoms with Crippen molar-refractivity contribution in [3.05, 3.63) is 24.2 Å². The van der Waals surface area contributed by atoms with Crippen LogP contribution >= 0.6 is 0 Å². The van der Waals surface area contributed by atoms with E-state index in [1.54, 1.807) is 6.26 Å². The third-order valence-corrected chi connectivity index (χ3v) is 4.48. The molecule has 2 rings (SSSR count). The summed E-state index contributed by atoms with van der Waals surface area (Å²) in [6.07, 6.45) is 3.49. The lowest BCUT2D eigenvalue weighted by molar-refractivity contribution is -0.119. The van der Waals surface area contributed by atoms with Crippen LogP contribution in [0.2, 0.25) is 0 Å². The number of hydrogen-bond donors (Lipinski definition) is 2. The van der Waals surface area contributed by atoms with Gasteiger partial charge in [-0.3, -0.25) is 9.69 Å². The van der Waals surface area contributed by atoms with E-state index in [0.717, 1.165) is 31.7 Å². The maximum atomic E-state index is 12.4. The van der Waals surface area contributed by atoms with Gasteiger partial charge in [0.15, 0.2) is 0 Å². The van der Waals surface area contributed by atoms with Crippen molar-refractivity contribution in [2.75, 3.05) is 40.3 Å².